The van der Waals surface area contributed by atoms with Crippen LogP contribution in [-0.4, -0.2) is 40.2 Å². The van der Waals surface area contributed by atoms with E-state index >= 15 is 0 Å². The van der Waals surface area contributed by atoms with Gasteiger partial charge in [-0.3, -0.25) is 4.55 Å². The van der Waals surface area contributed by atoms with E-state index in [1.807, 2.05) is 0 Å². The van der Waals surface area contributed by atoms with Gasteiger partial charge in [-0.05, 0) is 78.2 Å². The number of aromatic hydroxyl groups is 1. The normalized spacial score (nSPS) is 11.9. The second kappa shape index (κ2) is 12.7. The Hall–Kier alpha value is -6.51. The number of hydrogen-bond donors (Lipinski definition) is 5. The van der Waals surface area contributed by atoms with Crippen LogP contribution in [0.15, 0.2) is 135 Å². The number of rotatable bonds is 9. The number of carboxylic acids is 2. The van der Waals surface area contributed by atoms with Gasteiger partial charge in [0.1, 0.15) is 10.6 Å². The maximum Gasteiger partial charge on any atom is 0.335 e. The standard InChI is InChI=1S/C34H23N5O8S/c40-32-27-18-23(35-22-11-8-19(9-12-22)33(41)42)13-10-20(27)17-30(48(45,46)47)31(32)39-38-29-15-14-28(25-6-1-2-7-26(25)29)37-36-24-5-3-4-21(16-24)34(43)44/h1-18,35,40H,(H,41,42)(H,43,44)(H,45,46,47). The Morgan fingerprint density at radius 3 is 1.85 bits per heavy atom. The number of phenols is 1. The van der Waals surface area contributed by atoms with Crippen LogP contribution in [-0.2, 0) is 10.1 Å². The highest BCUT2D eigenvalue weighted by molar-refractivity contribution is 7.86. The fraction of sp³-hybridized carbons (Fsp3) is 0. The molecule has 0 aliphatic carbocycles. The van der Waals surface area contributed by atoms with Crippen molar-refractivity contribution in [3.05, 3.63) is 120 Å². The molecule has 13 nitrogen and oxygen atoms in total. The van der Waals surface area contributed by atoms with Crippen LogP contribution in [0.5, 0.6) is 5.75 Å². The molecule has 0 saturated carbocycles. The third-order valence-electron chi connectivity index (χ3n) is 7.25. The van der Waals surface area contributed by atoms with Crippen LogP contribution in [0.4, 0.5) is 34.1 Å². The zero-order chi connectivity index (χ0) is 34.0. The predicted octanol–water partition coefficient (Wildman–Crippen LogP) is 8.92. The zero-order valence-electron chi connectivity index (χ0n) is 24.5. The molecule has 0 fully saturated rings. The number of benzene rings is 6. The first kappa shape index (κ1) is 31.5. The maximum absolute atomic E-state index is 12.4. The summed E-state index contributed by atoms with van der Waals surface area (Å²) in [6.07, 6.45) is 0. The third kappa shape index (κ3) is 6.55. The maximum atomic E-state index is 12.4. The van der Waals surface area contributed by atoms with Gasteiger partial charge in [-0.15, -0.1) is 15.3 Å². The van der Waals surface area contributed by atoms with E-state index in [0.717, 1.165) is 0 Å². The van der Waals surface area contributed by atoms with Crippen molar-refractivity contribution in [2.75, 3.05) is 5.32 Å². The number of phenolic OH excluding ortho intramolecular Hbond substituents is 1. The van der Waals surface area contributed by atoms with E-state index in [1.165, 1.54) is 36.4 Å². The lowest BCUT2D eigenvalue weighted by molar-refractivity contribution is 0.0686. The summed E-state index contributed by atoms with van der Waals surface area (Å²) in [7, 11) is -4.85. The molecular formula is C34H23N5O8S. The fourth-order valence-electron chi connectivity index (χ4n) is 4.93. The molecule has 0 radical (unpaired) electrons. The SMILES string of the molecule is O=C(O)c1ccc(Nc2ccc3cc(S(=O)(=O)O)c(N=Nc4ccc(N=Nc5cccc(C(=O)O)c5)c5ccccc45)c(O)c3c2)cc1. The Morgan fingerprint density at radius 2 is 1.23 bits per heavy atom. The molecule has 6 rings (SSSR count). The highest BCUT2D eigenvalue weighted by Crippen LogP contribution is 2.43. The third-order valence-corrected chi connectivity index (χ3v) is 8.12. The molecule has 0 bridgehead atoms. The van der Waals surface area contributed by atoms with Gasteiger partial charge in [-0.1, -0.05) is 36.4 Å². The summed E-state index contributed by atoms with van der Waals surface area (Å²) < 4.78 is 34.8. The van der Waals surface area contributed by atoms with Gasteiger partial charge in [0, 0.05) is 27.5 Å². The van der Waals surface area contributed by atoms with Crippen LogP contribution in [0.25, 0.3) is 21.5 Å². The van der Waals surface area contributed by atoms with Gasteiger partial charge in [0.25, 0.3) is 10.1 Å². The van der Waals surface area contributed by atoms with Crippen LogP contribution in [0.3, 0.4) is 0 Å². The van der Waals surface area contributed by atoms with E-state index < -0.39 is 38.4 Å². The van der Waals surface area contributed by atoms with E-state index in [1.54, 1.807) is 72.8 Å². The zero-order valence-corrected chi connectivity index (χ0v) is 25.3. The fourth-order valence-corrected chi connectivity index (χ4v) is 5.59. The van der Waals surface area contributed by atoms with Crippen molar-refractivity contribution in [1.29, 1.82) is 0 Å². The molecule has 0 atom stereocenters. The molecule has 6 aromatic carbocycles. The average molecular weight is 662 g/mol. The number of carbonyl (C=O) groups is 2. The number of carboxylic acid groups (broad SMARTS) is 2. The van der Waals surface area contributed by atoms with Crippen molar-refractivity contribution in [3.63, 3.8) is 0 Å². The van der Waals surface area contributed by atoms with Gasteiger partial charge in [0.15, 0.2) is 5.75 Å². The molecule has 0 aromatic heterocycles. The van der Waals surface area contributed by atoms with E-state index in [4.69, 9.17) is 5.11 Å². The molecule has 0 amide bonds. The Kier molecular flexibility index (Phi) is 8.33. The Balaban J connectivity index is 1.38. The second-order valence-corrected chi connectivity index (χ2v) is 11.8. The summed E-state index contributed by atoms with van der Waals surface area (Å²) in [5.74, 6) is -2.71. The van der Waals surface area contributed by atoms with Crippen LogP contribution in [0, 0.1) is 0 Å². The second-order valence-electron chi connectivity index (χ2n) is 10.4. The van der Waals surface area contributed by atoms with Gasteiger partial charge >= 0.3 is 11.9 Å². The van der Waals surface area contributed by atoms with Gasteiger partial charge in [0.05, 0.1) is 28.2 Å². The highest BCUT2D eigenvalue weighted by atomic mass is 32.2. The minimum atomic E-state index is -4.85. The van der Waals surface area contributed by atoms with Crippen molar-refractivity contribution in [2.24, 2.45) is 20.5 Å². The largest absolute Gasteiger partial charge is 0.505 e. The lowest BCUT2D eigenvalue weighted by Crippen LogP contribution is -1.99. The average Bonchev–Trinajstić information content (AvgIpc) is 3.07. The number of azo groups is 2. The minimum Gasteiger partial charge on any atom is -0.505 e. The van der Waals surface area contributed by atoms with Crippen LogP contribution in [0.1, 0.15) is 20.7 Å². The van der Waals surface area contributed by atoms with E-state index in [2.05, 4.69) is 25.8 Å². The van der Waals surface area contributed by atoms with E-state index in [9.17, 15) is 32.8 Å². The molecule has 0 aliphatic rings. The summed E-state index contributed by atoms with van der Waals surface area (Å²) in [5, 5.41) is 51.2. The highest BCUT2D eigenvalue weighted by Gasteiger charge is 2.22. The van der Waals surface area contributed by atoms with Crippen molar-refractivity contribution >= 4 is 77.7 Å². The predicted molar refractivity (Wildman–Crippen MR) is 178 cm³/mol. The van der Waals surface area contributed by atoms with Crippen molar-refractivity contribution in [1.82, 2.24) is 0 Å². The topological polar surface area (TPSA) is 211 Å². The Morgan fingerprint density at radius 1 is 0.604 bits per heavy atom. The molecule has 14 heteroatoms. The molecule has 6 aromatic rings. The van der Waals surface area contributed by atoms with Gasteiger partial charge in [-0.2, -0.15) is 13.5 Å². The molecule has 48 heavy (non-hydrogen) atoms. The molecule has 0 saturated heterocycles. The van der Waals surface area contributed by atoms with Crippen LogP contribution in [0.2, 0.25) is 0 Å². The number of aromatic carboxylic acids is 2. The summed E-state index contributed by atoms with van der Waals surface area (Å²) in [6.45, 7) is 0. The first-order valence-electron chi connectivity index (χ1n) is 14.0. The summed E-state index contributed by atoms with van der Waals surface area (Å²) in [4.78, 5) is 21.8. The van der Waals surface area contributed by atoms with Crippen LogP contribution >= 0.6 is 0 Å². The first-order valence-corrected chi connectivity index (χ1v) is 15.5. The smallest absolute Gasteiger partial charge is 0.335 e. The number of anilines is 2. The lowest BCUT2D eigenvalue weighted by atomic mass is 10.1. The summed E-state index contributed by atoms with van der Waals surface area (Å²) >= 11 is 0. The quantitative estimate of drug-likeness (QED) is 0.0738. The molecular weight excluding hydrogens is 638 g/mol. The molecule has 0 spiro atoms. The lowest BCUT2D eigenvalue weighted by Gasteiger charge is -2.12. The number of nitrogens with zero attached hydrogens (tertiary/aromatic N) is 4. The number of fused-ring (bicyclic) bond motifs is 2. The molecule has 5 N–H and O–H groups in total. The minimum absolute atomic E-state index is 0.0630. The van der Waals surface area contributed by atoms with Crippen molar-refractivity contribution in [3.8, 4) is 5.75 Å². The van der Waals surface area contributed by atoms with E-state index in [-0.39, 0.29) is 16.5 Å². The monoisotopic (exact) mass is 661 g/mol. The van der Waals surface area contributed by atoms with Gasteiger partial charge < -0.3 is 20.6 Å². The van der Waals surface area contributed by atoms with Gasteiger partial charge in [-0.25, -0.2) is 9.59 Å². The molecule has 0 heterocycles. The van der Waals surface area contributed by atoms with Crippen LogP contribution < -0.4 is 5.32 Å². The van der Waals surface area contributed by atoms with Gasteiger partial charge in [0.2, 0.25) is 0 Å². The summed E-state index contributed by atoms with van der Waals surface area (Å²) in [5.41, 5.74) is 1.81. The van der Waals surface area contributed by atoms with Crippen molar-refractivity contribution < 1.29 is 37.9 Å². The summed E-state index contributed by atoms with van der Waals surface area (Å²) in [6, 6.07) is 28.1. The molecule has 238 valence electrons. The van der Waals surface area contributed by atoms with Crippen molar-refractivity contribution in [2.45, 2.75) is 4.90 Å². The Labute approximate surface area is 271 Å². The van der Waals surface area contributed by atoms with E-state index in [0.29, 0.717) is 44.6 Å². The molecule has 0 aliphatic heterocycles. The molecule has 0 unspecified atom stereocenters. The first-order chi connectivity index (χ1) is 23.0. The number of hydrogen-bond acceptors (Lipinski definition) is 10. The Bertz CT molecular complexity index is 2430. The number of nitrogens with one attached hydrogen (secondary N) is 1.